The number of nitrogens with zero attached hydrogens (tertiary/aromatic N) is 2. The molecule has 14 heavy (non-hydrogen) atoms. The molecule has 1 heterocycles. The van der Waals surface area contributed by atoms with Crippen LogP contribution in [-0.4, -0.2) is 48.4 Å². The summed E-state index contributed by atoms with van der Waals surface area (Å²) in [5, 5.41) is 0. The number of rotatable bonds is 3. The summed E-state index contributed by atoms with van der Waals surface area (Å²) in [7, 11) is 0. The van der Waals surface area contributed by atoms with E-state index >= 15 is 0 Å². The summed E-state index contributed by atoms with van der Waals surface area (Å²) in [5.74, 6) is 1.03. The van der Waals surface area contributed by atoms with Crippen LogP contribution in [0.1, 0.15) is 27.2 Å². The number of amides is 1. The maximum Gasteiger partial charge on any atom is 0.222 e. The van der Waals surface area contributed by atoms with Crippen molar-refractivity contribution in [3.05, 3.63) is 0 Å². The summed E-state index contributed by atoms with van der Waals surface area (Å²) >= 11 is 0. The van der Waals surface area contributed by atoms with E-state index in [1.807, 2.05) is 11.8 Å². The van der Waals surface area contributed by atoms with E-state index in [2.05, 4.69) is 18.7 Å². The SMILES string of the molecule is CCC(=O)N1CCN(CC(C)C)CC1. The standard InChI is InChI=1S/C11H22N2O/c1-4-11(14)13-7-5-12(6-8-13)9-10(2)3/h10H,4-9H2,1-3H3. The van der Waals surface area contributed by atoms with E-state index in [0.717, 1.165) is 38.6 Å². The molecule has 0 aromatic rings. The molecule has 0 bridgehead atoms. The van der Waals surface area contributed by atoms with Gasteiger partial charge in [-0.15, -0.1) is 0 Å². The van der Waals surface area contributed by atoms with Crippen LogP contribution in [0.25, 0.3) is 0 Å². The molecule has 0 aromatic carbocycles. The lowest BCUT2D eigenvalue weighted by Gasteiger charge is -2.35. The topological polar surface area (TPSA) is 23.6 Å². The van der Waals surface area contributed by atoms with Crippen LogP contribution in [-0.2, 0) is 4.79 Å². The van der Waals surface area contributed by atoms with Crippen LogP contribution in [0.4, 0.5) is 0 Å². The third-order valence-corrected chi connectivity index (χ3v) is 2.65. The van der Waals surface area contributed by atoms with Gasteiger partial charge in [0.25, 0.3) is 0 Å². The normalized spacial score (nSPS) is 19.0. The second kappa shape index (κ2) is 5.35. The van der Waals surface area contributed by atoms with Crippen molar-refractivity contribution in [2.45, 2.75) is 27.2 Å². The second-order valence-corrected chi connectivity index (χ2v) is 4.43. The summed E-state index contributed by atoms with van der Waals surface area (Å²) in [6.45, 7) is 11.5. The predicted octanol–water partition coefficient (Wildman–Crippen LogP) is 1.20. The molecule has 0 aliphatic carbocycles. The summed E-state index contributed by atoms with van der Waals surface area (Å²) in [5.41, 5.74) is 0. The molecule has 0 N–H and O–H groups in total. The molecule has 1 aliphatic rings. The minimum absolute atomic E-state index is 0.300. The van der Waals surface area contributed by atoms with Crippen molar-refractivity contribution in [1.82, 2.24) is 9.80 Å². The van der Waals surface area contributed by atoms with Crippen LogP contribution in [0, 0.1) is 5.92 Å². The number of carbonyl (C=O) groups is 1. The van der Waals surface area contributed by atoms with Gasteiger partial charge in [-0.1, -0.05) is 20.8 Å². The lowest BCUT2D eigenvalue weighted by Crippen LogP contribution is -2.49. The maximum absolute atomic E-state index is 11.4. The third kappa shape index (κ3) is 3.29. The molecule has 1 rings (SSSR count). The largest absolute Gasteiger partial charge is 0.340 e. The number of hydrogen-bond donors (Lipinski definition) is 0. The smallest absolute Gasteiger partial charge is 0.222 e. The molecule has 3 nitrogen and oxygen atoms in total. The van der Waals surface area contributed by atoms with Crippen LogP contribution < -0.4 is 0 Å². The van der Waals surface area contributed by atoms with Gasteiger partial charge in [0, 0.05) is 39.1 Å². The molecule has 0 spiro atoms. The van der Waals surface area contributed by atoms with Crippen LogP contribution >= 0.6 is 0 Å². The molecule has 0 saturated carbocycles. The van der Waals surface area contributed by atoms with E-state index in [1.165, 1.54) is 0 Å². The number of piperazine rings is 1. The van der Waals surface area contributed by atoms with Gasteiger partial charge >= 0.3 is 0 Å². The van der Waals surface area contributed by atoms with Gasteiger partial charge in [-0.25, -0.2) is 0 Å². The van der Waals surface area contributed by atoms with Gasteiger partial charge < -0.3 is 4.90 Å². The Balaban J connectivity index is 2.27. The Labute approximate surface area is 87.1 Å². The van der Waals surface area contributed by atoms with Crippen molar-refractivity contribution >= 4 is 5.91 Å². The first kappa shape index (κ1) is 11.5. The zero-order valence-corrected chi connectivity index (χ0v) is 9.62. The highest BCUT2D eigenvalue weighted by Gasteiger charge is 2.19. The highest BCUT2D eigenvalue weighted by molar-refractivity contribution is 5.75. The van der Waals surface area contributed by atoms with Crippen LogP contribution in [0.5, 0.6) is 0 Å². The lowest BCUT2D eigenvalue weighted by atomic mass is 10.2. The number of carbonyl (C=O) groups excluding carboxylic acids is 1. The highest BCUT2D eigenvalue weighted by Crippen LogP contribution is 2.06. The van der Waals surface area contributed by atoms with Crippen LogP contribution in [0.15, 0.2) is 0 Å². The molecular formula is C11H22N2O. The van der Waals surface area contributed by atoms with Gasteiger partial charge in [-0.2, -0.15) is 0 Å². The molecule has 82 valence electrons. The Morgan fingerprint density at radius 1 is 1.21 bits per heavy atom. The summed E-state index contributed by atoms with van der Waals surface area (Å²) in [4.78, 5) is 15.8. The van der Waals surface area contributed by atoms with Crippen molar-refractivity contribution in [2.75, 3.05) is 32.7 Å². The quantitative estimate of drug-likeness (QED) is 0.680. The summed E-state index contributed by atoms with van der Waals surface area (Å²) in [6.07, 6.45) is 0.643. The molecule has 0 unspecified atom stereocenters. The van der Waals surface area contributed by atoms with E-state index in [1.54, 1.807) is 0 Å². The fourth-order valence-corrected chi connectivity index (χ4v) is 1.92. The molecule has 1 aliphatic heterocycles. The molecule has 0 aromatic heterocycles. The minimum atomic E-state index is 0.300. The average molecular weight is 198 g/mol. The van der Waals surface area contributed by atoms with Crippen molar-refractivity contribution in [1.29, 1.82) is 0 Å². The van der Waals surface area contributed by atoms with E-state index in [0.29, 0.717) is 12.3 Å². The van der Waals surface area contributed by atoms with Gasteiger partial charge in [0.1, 0.15) is 0 Å². The van der Waals surface area contributed by atoms with E-state index < -0.39 is 0 Å². The Bertz CT molecular complexity index is 184. The fourth-order valence-electron chi connectivity index (χ4n) is 1.92. The van der Waals surface area contributed by atoms with Gasteiger partial charge in [0.2, 0.25) is 5.91 Å². The molecule has 3 heteroatoms. The molecular weight excluding hydrogens is 176 g/mol. The zero-order valence-electron chi connectivity index (χ0n) is 9.62. The Hall–Kier alpha value is -0.570. The second-order valence-electron chi connectivity index (χ2n) is 4.43. The van der Waals surface area contributed by atoms with Crippen molar-refractivity contribution < 1.29 is 4.79 Å². The van der Waals surface area contributed by atoms with Crippen molar-refractivity contribution in [3.8, 4) is 0 Å². The van der Waals surface area contributed by atoms with Gasteiger partial charge in [0.05, 0.1) is 0 Å². The van der Waals surface area contributed by atoms with E-state index in [-0.39, 0.29) is 0 Å². The monoisotopic (exact) mass is 198 g/mol. The molecule has 1 amide bonds. The van der Waals surface area contributed by atoms with Gasteiger partial charge in [-0.05, 0) is 5.92 Å². The number of hydrogen-bond acceptors (Lipinski definition) is 2. The van der Waals surface area contributed by atoms with Crippen molar-refractivity contribution in [3.63, 3.8) is 0 Å². The van der Waals surface area contributed by atoms with Crippen LogP contribution in [0.3, 0.4) is 0 Å². The first-order valence-corrected chi connectivity index (χ1v) is 5.63. The first-order chi connectivity index (χ1) is 6.63. The molecule has 1 fully saturated rings. The molecule has 1 saturated heterocycles. The van der Waals surface area contributed by atoms with Crippen molar-refractivity contribution in [2.24, 2.45) is 5.92 Å². The Morgan fingerprint density at radius 2 is 1.79 bits per heavy atom. The Kier molecular flexibility index (Phi) is 4.39. The van der Waals surface area contributed by atoms with Crippen LogP contribution in [0.2, 0.25) is 0 Å². The zero-order chi connectivity index (χ0) is 10.6. The minimum Gasteiger partial charge on any atom is -0.340 e. The average Bonchev–Trinajstić information content (AvgIpc) is 2.17. The van der Waals surface area contributed by atoms with Gasteiger partial charge in [-0.3, -0.25) is 9.69 Å². The maximum atomic E-state index is 11.4. The van der Waals surface area contributed by atoms with E-state index in [4.69, 9.17) is 0 Å². The molecule has 0 radical (unpaired) electrons. The lowest BCUT2D eigenvalue weighted by molar-refractivity contribution is -0.132. The first-order valence-electron chi connectivity index (χ1n) is 5.63. The third-order valence-electron chi connectivity index (χ3n) is 2.65. The highest BCUT2D eigenvalue weighted by atomic mass is 16.2. The predicted molar refractivity (Wildman–Crippen MR) is 58.1 cm³/mol. The summed E-state index contributed by atoms with van der Waals surface area (Å²) in [6, 6.07) is 0. The van der Waals surface area contributed by atoms with E-state index in [9.17, 15) is 4.79 Å². The summed E-state index contributed by atoms with van der Waals surface area (Å²) < 4.78 is 0. The van der Waals surface area contributed by atoms with Gasteiger partial charge in [0.15, 0.2) is 0 Å². The Morgan fingerprint density at radius 3 is 2.21 bits per heavy atom. The fraction of sp³-hybridized carbons (Fsp3) is 0.909. The molecule has 0 atom stereocenters.